The van der Waals surface area contributed by atoms with Gasteiger partial charge >= 0.3 is 0 Å². The van der Waals surface area contributed by atoms with Gasteiger partial charge in [-0.15, -0.1) is 0 Å². The van der Waals surface area contributed by atoms with Crippen molar-refractivity contribution in [2.45, 2.75) is 25.1 Å². The monoisotopic (exact) mass is 242 g/mol. The minimum atomic E-state index is -3.12. The molecule has 90 valence electrons. The summed E-state index contributed by atoms with van der Waals surface area (Å²) in [5.41, 5.74) is 12.9. The molecule has 0 amide bonds. The maximum atomic E-state index is 11.7. The molecule has 1 aromatic rings. The standard InChI is InChI=1S/C11H18N2O2S/c1-3-16(14,15)8(2)11(13)9-5-4-6-10(12)7-9/h4-8,11H,3,12-13H2,1-2H3/t8-,11+/m0/s1. The summed E-state index contributed by atoms with van der Waals surface area (Å²) in [6.45, 7) is 3.25. The Morgan fingerprint density at radius 1 is 1.38 bits per heavy atom. The summed E-state index contributed by atoms with van der Waals surface area (Å²) in [6.07, 6.45) is 0. The summed E-state index contributed by atoms with van der Waals surface area (Å²) < 4.78 is 23.4. The van der Waals surface area contributed by atoms with Crippen molar-refractivity contribution in [3.05, 3.63) is 29.8 Å². The van der Waals surface area contributed by atoms with Crippen LogP contribution in [0.4, 0.5) is 5.69 Å². The fraction of sp³-hybridized carbons (Fsp3) is 0.455. The quantitative estimate of drug-likeness (QED) is 0.774. The second-order valence-corrected chi connectivity index (χ2v) is 6.50. The summed E-state index contributed by atoms with van der Waals surface area (Å²) >= 11 is 0. The third-order valence-corrected chi connectivity index (χ3v) is 5.00. The summed E-state index contributed by atoms with van der Waals surface area (Å²) in [4.78, 5) is 0. The van der Waals surface area contributed by atoms with Gasteiger partial charge in [-0.25, -0.2) is 8.42 Å². The van der Waals surface area contributed by atoms with Crippen LogP contribution < -0.4 is 11.5 Å². The lowest BCUT2D eigenvalue weighted by atomic mass is 10.0. The zero-order chi connectivity index (χ0) is 12.3. The zero-order valence-electron chi connectivity index (χ0n) is 9.55. The van der Waals surface area contributed by atoms with Crippen LogP contribution >= 0.6 is 0 Å². The molecule has 0 heterocycles. The molecule has 0 radical (unpaired) electrons. The van der Waals surface area contributed by atoms with Crippen molar-refractivity contribution >= 4 is 15.5 Å². The highest BCUT2D eigenvalue weighted by Gasteiger charge is 2.26. The molecule has 5 heteroatoms. The van der Waals surface area contributed by atoms with Crippen molar-refractivity contribution in [1.82, 2.24) is 0 Å². The fourth-order valence-corrected chi connectivity index (χ4v) is 2.65. The molecule has 0 bridgehead atoms. The number of nitrogens with two attached hydrogens (primary N) is 2. The van der Waals surface area contributed by atoms with Crippen molar-refractivity contribution in [2.24, 2.45) is 5.73 Å². The van der Waals surface area contributed by atoms with E-state index in [1.165, 1.54) is 0 Å². The number of nitrogen functional groups attached to an aromatic ring is 1. The molecule has 4 nitrogen and oxygen atoms in total. The largest absolute Gasteiger partial charge is 0.399 e. The van der Waals surface area contributed by atoms with E-state index in [2.05, 4.69) is 0 Å². The summed E-state index contributed by atoms with van der Waals surface area (Å²) in [7, 11) is -3.12. The highest BCUT2D eigenvalue weighted by molar-refractivity contribution is 7.92. The molecular weight excluding hydrogens is 224 g/mol. The Balaban J connectivity index is 2.99. The summed E-state index contributed by atoms with van der Waals surface area (Å²) in [6, 6.07) is 6.49. The highest BCUT2D eigenvalue weighted by Crippen LogP contribution is 2.21. The van der Waals surface area contributed by atoms with Crippen molar-refractivity contribution in [2.75, 3.05) is 11.5 Å². The lowest BCUT2D eigenvalue weighted by Crippen LogP contribution is -2.32. The van der Waals surface area contributed by atoms with Gasteiger partial charge in [0.1, 0.15) is 0 Å². The van der Waals surface area contributed by atoms with Gasteiger partial charge in [0.25, 0.3) is 0 Å². The average molecular weight is 242 g/mol. The van der Waals surface area contributed by atoms with Crippen LogP contribution in [0.3, 0.4) is 0 Å². The molecule has 0 aliphatic heterocycles. The molecule has 4 N–H and O–H groups in total. The van der Waals surface area contributed by atoms with Gasteiger partial charge < -0.3 is 11.5 Å². The van der Waals surface area contributed by atoms with Gasteiger partial charge in [-0.05, 0) is 24.6 Å². The Morgan fingerprint density at radius 3 is 2.50 bits per heavy atom. The molecular formula is C11H18N2O2S. The molecule has 0 aliphatic carbocycles. The van der Waals surface area contributed by atoms with Crippen LogP contribution in [0, 0.1) is 0 Å². The smallest absolute Gasteiger partial charge is 0.154 e. The Morgan fingerprint density at radius 2 is 2.00 bits per heavy atom. The minimum Gasteiger partial charge on any atom is -0.399 e. The zero-order valence-corrected chi connectivity index (χ0v) is 10.4. The van der Waals surface area contributed by atoms with E-state index in [4.69, 9.17) is 11.5 Å². The second kappa shape index (κ2) is 4.84. The van der Waals surface area contributed by atoms with Crippen LogP contribution in [-0.2, 0) is 9.84 Å². The summed E-state index contributed by atoms with van der Waals surface area (Å²) in [5.74, 6) is 0.101. The molecule has 1 rings (SSSR count). The molecule has 0 aliphatic rings. The number of sulfone groups is 1. The first-order valence-corrected chi connectivity index (χ1v) is 6.92. The van der Waals surface area contributed by atoms with E-state index >= 15 is 0 Å². The number of benzene rings is 1. The van der Waals surface area contributed by atoms with Crippen molar-refractivity contribution < 1.29 is 8.42 Å². The number of anilines is 1. The lowest BCUT2D eigenvalue weighted by molar-refractivity contribution is 0.566. The van der Waals surface area contributed by atoms with E-state index in [9.17, 15) is 8.42 Å². The predicted octanol–water partition coefficient (Wildman–Crippen LogP) is 1.09. The normalized spacial score (nSPS) is 15.7. The Labute approximate surface area is 96.6 Å². The maximum Gasteiger partial charge on any atom is 0.154 e. The molecule has 2 atom stereocenters. The summed E-state index contributed by atoms with van der Waals surface area (Å²) in [5, 5.41) is -0.598. The fourth-order valence-electron chi connectivity index (χ4n) is 1.52. The first kappa shape index (κ1) is 13.0. The van der Waals surface area contributed by atoms with E-state index in [1.54, 1.807) is 38.1 Å². The average Bonchev–Trinajstić information content (AvgIpc) is 2.27. The van der Waals surface area contributed by atoms with Crippen LogP contribution in [0.1, 0.15) is 25.5 Å². The van der Waals surface area contributed by atoms with Crippen LogP contribution in [0.15, 0.2) is 24.3 Å². The SMILES string of the molecule is CCS(=O)(=O)[C@@H](C)[C@@H](N)c1cccc(N)c1. The molecule has 16 heavy (non-hydrogen) atoms. The van der Waals surface area contributed by atoms with E-state index < -0.39 is 21.1 Å². The molecule has 0 spiro atoms. The van der Waals surface area contributed by atoms with Gasteiger partial charge in [-0.2, -0.15) is 0 Å². The molecule has 0 saturated heterocycles. The van der Waals surface area contributed by atoms with Crippen molar-refractivity contribution in [3.8, 4) is 0 Å². The van der Waals surface area contributed by atoms with E-state index in [1.807, 2.05) is 0 Å². The maximum absolute atomic E-state index is 11.7. The number of rotatable bonds is 4. The van der Waals surface area contributed by atoms with E-state index in [0.29, 0.717) is 5.69 Å². The van der Waals surface area contributed by atoms with Gasteiger partial charge in [-0.3, -0.25) is 0 Å². The van der Waals surface area contributed by atoms with E-state index in [0.717, 1.165) is 5.56 Å². The van der Waals surface area contributed by atoms with Gasteiger partial charge in [0.15, 0.2) is 9.84 Å². The van der Waals surface area contributed by atoms with Crippen LogP contribution in [-0.4, -0.2) is 19.4 Å². The number of hydrogen-bond acceptors (Lipinski definition) is 4. The van der Waals surface area contributed by atoms with E-state index in [-0.39, 0.29) is 5.75 Å². The first-order valence-electron chi connectivity index (χ1n) is 5.21. The van der Waals surface area contributed by atoms with Gasteiger partial charge in [-0.1, -0.05) is 19.1 Å². The minimum absolute atomic E-state index is 0.101. The third kappa shape index (κ3) is 2.74. The molecule has 0 unspecified atom stereocenters. The van der Waals surface area contributed by atoms with Crippen molar-refractivity contribution in [3.63, 3.8) is 0 Å². The van der Waals surface area contributed by atoms with Gasteiger partial charge in [0.05, 0.1) is 5.25 Å². The number of hydrogen-bond donors (Lipinski definition) is 2. The van der Waals surface area contributed by atoms with Crippen molar-refractivity contribution in [1.29, 1.82) is 0 Å². The lowest BCUT2D eigenvalue weighted by Gasteiger charge is -2.20. The molecule has 0 fully saturated rings. The Hall–Kier alpha value is -1.07. The molecule has 0 saturated carbocycles. The van der Waals surface area contributed by atoms with Crippen LogP contribution in [0.2, 0.25) is 0 Å². The van der Waals surface area contributed by atoms with Crippen LogP contribution in [0.5, 0.6) is 0 Å². The highest BCUT2D eigenvalue weighted by atomic mass is 32.2. The Bertz CT molecular complexity index is 457. The molecule has 1 aromatic carbocycles. The first-order chi connectivity index (χ1) is 7.38. The third-order valence-electron chi connectivity index (χ3n) is 2.77. The Kier molecular flexibility index (Phi) is 3.93. The van der Waals surface area contributed by atoms with Gasteiger partial charge in [0, 0.05) is 17.5 Å². The predicted molar refractivity (Wildman–Crippen MR) is 66.7 cm³/mol. The topological polar surface area (TPSA) is 86.2 Å². The van der Waals surface area contributed by atoms with Gasteiger partial charge in [0.2, 0.25) is 0 Å². The van der Waals surface area contributed by atoms with Crippen LogP contribution in [0.25, 0.3) is 0 Å². The molecule has 0 aromatic heterocycles. The second-order valence-electron chi connectivity index (χ2n) is 3.85.